The normalized spacial score (nSPS) is 10.3. The molecule has 9 heteroatoms. The van der Waals surface area contributed by atoms with Gasteiger partial charge in [0.2, 0.25) is 0 Å². The van der Waals surface area contributed by atoms with E-state index in [0.29, 0.717) is 34.4 Å². The Balaban J connectivity index is 1.99. The highest BCUT2D eigenvalue weighted by Gasteiger charge is 2.15. The zero-order valence-corrected chi connectivity index (χ0v) is 16.7. The number of methoxy groups -OCH3 is 2. The summed E-state index contributed by atoms with van der Waals surface area (Å²) in [5, 5.41) is 6.58. The number of nitrogens with zero attached hydrogens (tertiary/aromatic N) is 1. The molecule has 0 fully saturated rings. The van der Waals surface area contributed by atoms with Crippen LogP contribution in [0.25, 0.3) is 0 Å². The van der Waals surface area contributed by atoms with E-state index in [9.17, 15) is 9.59 Å². The molecule has 0 aliphatic heterocycles. The Kier molecular flexibility index (Phi) is 8.05. The average molecular weight is 418 g/mol. The lowest BCUT2D eigenvalue weighted by molar-refractivity contribution is -0.136. The van der Waals surface area contributed by atoms with Crippen molar-refractivity contribution in [3.05, 3.63) is 59.6 Å². The highest BCUT2D eigenvalue weighted by Crippen LogP contribution is 2.28. The first-order valence-electron chi connectivity index (χ1n) is 8.38. The van der Waals surface area contributed by atoms with Crippen molar-refractivity contribution in [1.82, 2.24) is 5.43 Å². The molecule has 0 heterocycles. The number of carbonyl (C=O) groups is 2. The molecule has 2 aromatic carbocycles. The Morgan fingerprint density at radius 2 is 1.79 bits per heavy atom. The van der Waals surface area contributed by atoms with Crippen LogP contribution in [0.4, 0.5) is 5.69 Å². The Morgan fingerprint density at radius 3 is 2.48 bits per heavy atom. The summed E-state index contributed by atoms with van der Waals surface area (Å²) in [6, 6.07) is 9.73. The Bertz CT molecular complexity index is 930. The monoisotopic (exact) mass is 417 g/mol. The van der Waals surface area contributed by atoms with Crippen molar-refractivity contribution >= 4 is 35.3 Å². The summed E-state index contributed by atoms with van der Waals surface area (Å²) in [7, 11) is 2.94. The van der Waals surface area contributed by atoms with Crippen LogP contribution in [-0.2, 0) is 9.59 Å². The van der Waals surface area contributed by atoms with E-state index in [-0.39, 0.29) is 5.69 Å². The van der Waals surface area contributed by atoms with E-state index in [1.807, 2.05) is 0 Å². The molecule has 0 atom stereocenters. The van der Waals surface area contributed by atoms with Crippen LogP contribution in [0.1, 0.15) is 5.56 Å². The van der Waals surface area contributed by atoms with Crippen LogP contribution in [0.3, 0.4) is 0 Å². The molecule has 2 N–H and O–H groups in total. The number of hydrogen-bond acceptors (Lipinski definition) is 6. The first-order chi connectivity index (χ1) is 14.0. The van der Waals surface area contributed by atoms with Crippen LogP contribution in [0, 0.1) is 0 Å². The Hall–Kier alpha value is -3.52. The van der Waals surface area contributed by atoms with Crippen molar-refractivity contribution in [1.29, 1.82) is 0 Å². The van der Waals surface area contributed by atoms with Gasteiger partial charge >= 0.3 is 11.8 Å². The molecule has 0 aliphatic carbocycles. The molecule has 0 aliphatic rings. The number of anilines is 1. The van der Waals surface area contributed by atoms with Gasteiger partial charge in [-0.25, -0.2) is 5.43 Å². The van der Waals surface area contributed by atoms with Crippen LogP contribution in [0.2, 0.25) is 5.02 Å². The molecule has 8 nitrogen and oxygen atoms in total. The summed E-state index contributed by atoms with van der Waals surface area (Å²) in [5.41, 5.74) is 3.05. The number of carbonyl (C=O) groups excluding carboxylic acids is 2. The quantitative estimate of drug-likeness (QED) is 0.298. The van der Waals surface area contributed by atoms with Gasteiger partial charge in [0.1, 0.15) is 12.4 Å². The summed E-state index contributed by atoms with van der Waals surface area (Å²) in [5.74, 6) is -0.476. The third-order valence-corrected chi connectivity index (χ3v) is 3.78. The molecule has 0 radical (unpaired) electrons. The van der Waals surface area contributed by atoms with Crippen molar-refractivity contribution in [2.24, 2.45) is 5.10 Å². The number of nitrogens with one attached hydrogen (secondary N) is 2. The third kappa shape index (κ3) is 6.25. The van der Waals surface area contributed by atoms with Crippen LogP contribution < -0.4 is 25.0 Å². The van der Waals surface area contributed by atoms with E-state index in [2.05, 4.69) is 22.4 Å². The molecule has 0 aromatic heterocycles. The number of benzene rings is 2. The van der Waals surface area contributed by atoms with Gasteiger partial charge in [-0.1, -0.05) is 24.3 Å². The number of hydrazone groups is 1. The van der Waals surface area contributed by atoms with Crippen molar-refractivity contribution in [2.45, 2.75) is 0 Å². The lowest BCUT2D eigenvalue weighted by Gasteiger charge is -2.10. The predicted octanol–water partition coefficient (Wildman–Crippen LogP) is 3.01. The molecule has 2 aromatic rings. The van der Waals surface area contributed by atoms with E-state index >= 15 is 0 Å². The molecule has 2 rings (SSSR count). The first-order valence-corrected chi connectivity index (χ1v) is 8.76. The topological polar surface area (TPSA) is 98.2 Å². The minimum absolute atomic E-state index is 0.268. The third-order valence-electron chi connectivity index (χ3n) is 3.54. The largest absolute Gasteiger partial charge is 0.495 e. The summed E-state index contributed by atoms with van der Waals surface area (Å²) in [4.78, 5) is 24.0. The second-order valence-corrected chi connectivity index (χ2v) is 5.94. The van der Waals surface area contributed by atoms with Crippen LogP contribution in [0.15, 0.2) is 54.2 Å². The summed E-state index contributed by atoms with van der Waals surface area (Å²) in [6.07, 6.45) is 2.99. The fourth-order valence-electron chi connectivity index (χ4n) is 2.21. The van der Waals surface area contributed by atoms with Crippen molar-refractivity contribution in [3.8, 4) is 17.2 Å². The maximum atomic E-state index is 12.0. The number of halogens is 1. The zero-order valence-electron chi connectivity index (χ0n) is 15.9. The van der Waals surface area contributed by atoms with Gasteiger partial charge in [-0.05, 0) is 42.0 Å². The zero-order chi connectivity index (χ0) is 21.2. The van der Waals surface area contributed by atoms with Gasteiger partial charge in [0.25, 0.3) is 0 Å². The Morgan fingerprint density at radius 1 is 1.07 bits per heavy atom. The molecule has 29 heavy (non-hydrogen) atoms. The van der Waals surface area contributed by atoms with Crippen LogP contribution in [0.5, 0.6) is 17.2 Å². The lowest BCUT2D eigenvalue weighted by atomic mass is 10.2. The van der Waals surface area contributed by atoms with Crippen molar-refractivity contribution in [2.75, 3.05) is 26.1 Å². The van der Waals surface area contributed by atoms with Gasteiger partial charge in [-0.15, -0.1) is 0 Å². The number of ether oxygens (including phenoxy) is 3. The average Bonchev–Trinajstić information content (AvgIpc) is 2.72. The van der Waals surface area contributed by atoms with E-state index < -0.39 is 11.8 Å². The fourth-order valence-corrected chi connectivity index (χ4v) is 2.38. The second-order valence-electron chi connectivity index (χ2n) is 5.51. The maximum Gasteiger partial charge on any atom is 0.329 e. The Labute approximate surface area is 173 Å². The molecular formula is C20H20ClN3O5. The molecule has 0 saturated heterocycles. The van der Waals surface area contributed by atoms with Gasteiger partial charge < -0.3 is 19.5 Å². The van der Waals surface area contributed by atoms with E-state index in [0.717, 1.165) is 0 Å². The predicted molar refractivity (Wildman–Crippen MR) is 111 cm³/mol. The minimum Gasteiger partial charge on any atom is -0.495 e. The van der Waals surface area contributed by atoms with E-state index in [4.69, 9.17) is 25.8 Å². The van der Waals surface area contributed by atoms with Crippen LogP contribution in [-0.4, -0.2) is 38.9 Å². The van der Waals surface area contributed by atoms with Gasteiger partial charge in [0, 0.05) is 5.02 Å². The van der Waals surface area contributed by atoms with Gasteiger partial charge in [-0.3, -0.25) is 9.59 Å². The van der Waals surface area contributed by atoms with E-state index in [1.54, 1.807) is 36.4 Å². The SMILES string of the molecule is C=CCOc1ccc(/C=N\NC(=O)C(=O)Nc2cc(Cl)ccc2OC)cc1OC. The lowest BCUT2D eigenvalue weighted by Crippen LogP contribution is -2.32. The first kappa shape index (κ1) is 21.8. The highest BCUT2D eigenvalue weighted by atomic mass is 35.5. The number of amides is 2. The molecule has 2 amide bonds. The van der Waals surface area contributed by atoms with Crippen LogP contribution >= 0.6 is 11.6 Å². The summed E-state index contributed by atoms with van der Waals surface area (Å²) >= 11 is 5.90. The molecular weight excluding hydrogens is 398 g/mol. The van der Waals surface area contributed by atoms with E-state index in [1.165, 1.54) is 26.5 Å². The highest BCUT2D eigenvalue weighted by molar-refractivity contribution is 6.40. The maximum absolute atomic E-state index is 12.0. The van der Waals surface area contributed by atoms with Crippen molar-refractivity contribution in [3.63, 3.8) is 0 Å². The molecule has 0 unspecified atom stereocenters. The molecule has 0 bridgehead atoms. The van der Waals surface area contributed by atoms with Crippen molar-refractivity contribution < 1.29 is 23.8 Å². The standard InChI is InChI=1S/C20H20ClN3O5/c1-4-9-29-17-7-5-13(10-18(17)28-3)12-22-24-20(26)19(25)23-15-11-14(21)6-8-16(15)27-2/h4-8,10-12H,1,9H2,2-3H3,(H,23,25)(H,24,26)/b22-12-. The minimum atomic E-state index is -0.957. The molecule has 0 saturated carbocycles. The number of rotatable bonds is 8. The van der Waals surface area contributed by atoms with Gasteiger partial charge in [0.05, 0.1) is 26.1 Å². The van der Waals surface area contributed by atoms with Gasteiger partial charge in [0.15, 0.2) is 11.5 Å². The second kappa shape index (κ2) is 10.7. The smallest absolute Gasteiger partial charge is 0.329 e. The number of hydrogen-bond donors (Lipinski definition) is 2. The molecule has 152 valence electrons. The summed E-state index contributed by atoms with van der Waals surface area (Å²) < 4.78 is 15.8. The molecule has 0 spiro atoms. The summed E-state index contributed by atoms with van der Waals surface area (Å²) in [6.45, 7) is 3.93. The fraction of sp³-hybridized carbons (Fsp3) is 0.150. The van der Waals surface area contributed by atoms with Gasteiger partial charge in [-0.2, -0.15) is 5.10 Å².